The van der Waals surface area contributed by atoms with Crippen LogP contribution in [0.25, 0.3) is 0 Å². The van der Waals surface area contributed by atoms with E-state index < -0.39 is 27.8 Å². The maximum atomic E-state index is 11.3. The first kappa shape index (κ1) is 13.3. The predicted molar refractivity (Wildman–Crippen MR) is 52.0 cm³/mol. The van der Waals surface area contributed by atoms with Crippen molar-refractivity contribution in [2.24, 2.45) is 0 Å². The average Bonchev–Trinajstić information content (AvgIpc) is 1.78. The highest BCUT2D eigenvalue weighted by Gasteiger charge is 2.23. The van der Waals surface area contributed by atoms with Crippen LogP contribution in [0.4, 0.5) is 0 Å². The molecule has 0 heterocycles. The van der Waals surface area contributed by atoms with Crippen LogP contribution in [-0.4, -0.2) is 31.1 Å². The quantitative estimate of drug-likeness (QED) is 0.610. The van der Waals surface area contributed by atoms with E-state index in [1.54, 1.807) is 20.8 Å². The van der Waals surface area contributed by atoms with Gasteiger partial charge >= 0.3 is 5.97 Å². The number of hydrogen-bond donors (Lipinski definition) is 3. The Morgan fingerprint density at radius 1 is 1.36 bits per heavy atom. The highest BCUT2D eigenvalue weighted by molar-refractivity contribution is 7.87. The molecule has 0 aliphatic carbocycles. The van der Waals surface area contributed by atoms with E-state index in [0.717, 1.165) is 0 Å². The summed E-state index contributed by atoms with van der Waals surface area (Å²) in [7, 11) is -3.76. The molecule has 0 amide bonds. The van der Waals surface area contributed by atoms with Crippen LogP contribution in [0.2, 0.25) is 0 Å². The first-order valence-corrected chi connectivity index (χ1v) is 5.56. The van der Waals surface area contributed by atoms with Crippen molar-refractivity contribution in [3.63, 3.8) is 0 Å². The molecule has 0 spiro atoms. The second-order valence-corrected chi connectivity index (χ2v) is 5.48. The van der Waals surface area contributed by atoms with Gasteiger partial charge in [-0.1, -0.05) is 0 Å². The van der Waals surface area contributed by atoms with E-state index in [4.69, 9.17) is 5.11 Å². The Hall–Kier alpha value is -0.660. The van der Waals surface area contributed by atoms with Gasteiger partial charge in [-0.05, 0) is 27.7 Å². The third-order valence-corrected chi connectivity index (χ3v) is 2.69. The predicted octanol–water partition coefficient (Wildman–Crippen LogP) is -0.318. The third-order valence-electron chi connectivity index (χ3n) is 1.14. The lowest BCUT2D eigenvalue weighted by molar-refractivity contribution is -0.138. The minimum Gasteiger partial charge on any atom is -0.480 e. The molecular formula is C7H16N2O4S. The summed E-state index contributed by atoms with van der Waals surface area (Å²) in [6.07, 6.45) is 0. The molecular weight excluding hydrogens is 208 g/mol. The van der Waals surface area contributed by atoms with Gasteiger partial charge in [-0.2, -0.15) is 17.9 Å². The molecule has 0 rings (SSSR count). The standard InChI is InChI=1S/C7H16N2O4S/c1-5(6(10)11)8-14(12,13)9-7(2,3)4/h5,8-9H,1-4H3,(H,10,11). The second-order valence-electron chi connectivity index (χ2n) is 4.03. The molecule has 14 heavy (non-hydrogen) atoms. The lowest BCUT2D eigenvalue weighted by Gasteiger charge is -2.21. The molecule has 0 aliphatic heterocycles. The summed E-state index contributed by atoms with van der Waals surface area (Å²) >= 11 is 0. The fourth-order valence-electron chi connectivity index (χ4n) is 0.716. The molecule has 0 aliphatic rings. The fourth-order valence-corrected chi connectivity index (χ4v) is 2.15. The van der Waals surface area contributed by atoms with Crippen LogP contribution in [0.15, 0.2) is 0 Å². The fraction of sp³-hybridized carbons (Fsp3) is 0.857. The Kier molecular flexibility index (Phi) is 4.04. The Morgan fingerprint density at radius 3 is 2.07 bits per heavy atom. The van der Waals surface area contributed by atoms with Gasteiger partial charge in [-0.15, -0.1) is 0 Å². The zero-order valence-electron chi connectivity index (χ0n) is 8.66. The maximum absolute atomic E-state index is 11.3. The summed E-state index contributed by atoms with van der Waals surface area (Å²) in [6, 6.07) is -1.14. The summed E-state index contributed by atoms with van der Waals surface area (Å²) in [5.41, 5.74) is -0.635. The first-order valence-electron chi connectivity index (χ1n) is 4.07. The topological polar surface area (TPSA) is 95.5 Å². The minimum absolute atomic E-state index is 0.635. The molecule has 84 valence electrons. The van der Waals surface area contributed by atoms with E-state index in [9.17, 15) is 13.2 Å². The van der Waals surface area contributed by atoms with Crippen molar-refractivity contribution in [2.75, 3.05) is 0 Å². The maximum Gasteiger partial charge on any atom is 0.321 e. The molecule has 0 saturated carbocycles. The van der Waals surface area contributed by atoms with Crippen molar-refractivity contribution >= 4 is 16.2 Å². The molecule has 6 nitrogen and oxygen atoms in total. The molecule has 1 unspecified atom stereocenters. The SMILES string of the molecule is CC(NS(=O)(=O)NC(C)(C)C)C(=O)O. The minimum atomic E-state index is -3.76. The van der Waals surface area contributed by atoms with Crippen LogP contribution in [0.3, 0.4) is 0 Å². The van der Waals surface area contributed by atoms with Gasteiger partial charge < -0.3 is 5.11 Å². The Bertz CT molecular complexity index is 304. The van der Waals surface area contributed by atoms with Crippen molar-refractivity contribution in [2.45, 2.75) is 39.3 Å². The summed E-state index contributed by atoms with van der Waals surface area (Å²) in [6.45, 7) is 6.25. The highest BCUT2D eigenvalue weighted by atomic mass is 32.2. The van der Waals surface area contributed by atoms with E-state index in [-0.39, 0.29) is 0 Å². The van der Waals surface area contributed by atoms with E-state index in [1.807, 2.05) is 4.72 Å². The molecule has 0 fully saturated rings. The van der Waals surface area contributed by atoms with Crippen LogP contribution in [0.5, 0.6) is 0 Å². The number of nitrogens with one attached hydrogen (secondary N) is 2. The van der Waals surface area contributed by atoms with Crippen molar-refractivity contribution in [3.05, 3.63) is 0 Å². The monoisotopic (exact) mass is 224 g/mol. The van der Waals surface area contributed by atoms with E-state index in [1.165, 1.54) is 6.92 Å². The molecule has 0 bridgehead atoms. The zero-order valence-corrected chi connectivity index (χ0v) is 9.47. The summed E-state index contributed by atoms with van der Waals surface area (Å²) in [4.78, 5) is 10.4. The highest BCUT2D eigenvalue weighted by Crippen LogP contribution is 2.00. The molecule has 0 saturated heterocycles. The van der Waals surface area contributed by atoms with Gasteiger partial charge in [-0.25, -0.2) is 0 Å². The lowest BCUT2D eigenvalue weighted by atomic mass is 10.1. The van der Waals surface area contributed by atoms with E-state index in [0.29, 0.717) is 0 Å². The Balaban J connectivity index is 4.45. The summed E-state index contributed by atoms with van der Waals surface area (Å²) in [5.74, 6) is -1.22. The van der Waals surface area contributed by atoms with Crippen molar-refractivity contribution < 1.29 is 18.3 Å². The molecule has 0 aromatic rings. The third kappa shape index (κ3) is 5.90. The van der Waals surface area contributed by atoms with Gasteiger partial charge in [0.25, 0.3) is 10.2 Å². The largest absolute Gasteiger partial charge is 0.480 e. The number of aliphatic carboxylic acids is 1. The van der Waals surface area contributed by atoms with Crippen LogP contribution in [0, 0.1) is 0 Å². The lowest BCUT2D eigenvalue weighted by Crippen LogP contribution is -2.50. The van der Waals surface area contributed by atoms with E-state index >= 15 is 0 Å². The van der Waals surface area contributed by atoms with Gasteiger partial charge in [0.05, 0.1) is 0 Å². The first-order chi connectivity index (χ1) is 6.03. The second kappa shape index (κ2) is 4.24. The summed E-state index contributed by atoms with van der Waals surface area (Å²) in [5, 5.41) is 8.49. The van der Waals surface area contributed by atoms with Gasteiger partial charge in [-0.3, -0.25) is 4.79 Å². The van der Waals surface area contributed by atoms with Crippen LogP contribution in [0.1, 0.15) is 27.7 Å². The number of carboxylic acid groups (broad SMARTS) is 1. The normalized spacial score (nSPS) is 15.1. The zero-order chi connectivity index (χ0) is 11.6. The van der Waals surface area contributed by atoms with Crippen molar-refractivity contribution in [1.29, 1.82) is 0 Å². The number of rotatable bonds is 4. The van der Waals surface area contributed by atoms with Crippen molar-refractivity contribution in [3.8, 4) is 0 Å². The van der Waals surface area contributed by atoms with Crippen LogP contribution < -0.4 is 9.44 Å². The van der Waals surface area contributed by atoms with Gasteiger partial charge in [0.15, 0.2) is 0 Å². The van der Waals surface area contributed by atoms with E-state index in [2.05, 4.69) is 4.72 Å². The number of hydrogen-bond acceptors (Lipinski definition) is 3. The van der Waals surface area contributed by atoms with Gasteiger partial charge in [0.2, 0.25) is 0 Å². The van der Waals surface area contributed by atoms with Gasteiger partial charge in [0, 0.05) is 5.54 Å². The smallest absolute Gasteiger partial charge is 0.321 e. The summed E-state index contributed by atoms with van der Waals surface area (Å²) < 4.78 is 26.8. The molecule has 0 aromatic carbocycles. The number of carbonyl (C=O) groups is 1. The Labute approximate surface area is 83.9 Å². The molecule has 7 heteroatoms. The van der Waals surface area contributed by atoms with Gasteiger partial charge in [0.1, 0.15) is 6.04 Å². The molecule has 3 N–H and O–H groups in total. The van der Waals surface area contributed by atoms with Crippen LogP contribution >= 0.6 is 0 Å². The van der Waals surface area contributed by atoms with Crippen LogP contribution in [-0.2, 0) is 15.0 Å². The van der Waals surface area contributed by atoms with Crippen molar-refractivity contribution in [1.82, 2.24) is 9.44 Å². The Morgan fingerprint density at radius 2 is 1.79 bits per heavy atom. The molecule has 1 atom stereocenters. The average molecular weight is 224 g/mol. The molecule has 0 radical (unpaired) electrons. The molecule has 0 aromatic heterocycles. The number of carboxylic acids is 1.